The predicted molar refractivity (Wildman–Crippen MR) is 73.7 cm³/mol. The Morgan fingerprint density at radius 2 is 2.05 bits per heavy atom. The second-order valence-corrected chi connectivity index (χ2v) is 4.53. The molecule has 2 rings (SSSR count). The topological polar surface area (TPSA) is 64.8 Å². The van der Waals surface area contributed by atoms with Crippen LogP contribution in [0, 0.1) is 0 Å². The fraction of sp³-hybridized carbons (Fsp3) is 0.500. The van der Waals surface area contributed by atoms with Crippen LogP contribution in [0.1, 0.15) is 19.3 Å². The van der Waals surface area contributed by atoms with Crippen LogP contribution in [0.2, 0.25) is 0 Å². The molecule has 5 nitrogen and oxygen atoms in total. The Kier molecular flexibility index (Phi) is 4.63. The number of carbonyl (C=O) groups excluding carboxylic acids is 1. The largest absolute Gasteiger partial charge is 0.490 e. The first-order valence-electron chi connectivity index (χ1n) is 6.58. The Bertz CT molecular complexity index is 448. The summed E-state index contributed by atoms with van der Waals surface area (Å²) >= 11 is 0. The van der Waals surface area contributed by atoms with Gasteiger partial charge in [0.1, 0.15) is 0 Å². The van der Waals surface area contributed by atoms with E-state index in [9.17, 15) is 4.79 Å². The van der Waals surface area contributed by atoms with Gasteiger partial charge in [0, 0.05) is 31.6 Å². The van der Waals surface area contributed by atoms with Crippen LogP contribution in [0.4, 0.5) is 5.69 Å². The van der Waals surface area contributed by atoms with E-state index >= 15 is 0 Å². The van der Waals surface area contributed by atoms with Crippen molar-refractivity contribution in [3.8, 4) is 11.5 Å². The van der Waals surface area contributed by atoms with E-state index in [0.29, 0.717) is 38.3 Å². The third kappa shape index (κ3) is 3.38. The van der Waals surface area contributed by atoms with Gasteiger partial charge in [0.15, 0.2) is 11.5 Å². The van der Waals surface area contributed by atoms with Crippen LogP contribution in [-0.2, 0) is 4.79 Å². The highest BCUT2D eigenvalue weighted by molar-refractivity contribution is 5.93. The van der Waals surface area contributed by atoms with Crippen LogP contribution in [-0.4, -0.2) is 32.7 Å². The third-order valence-corrected chi connectivity index (χ3v) is 3.09. The van der Waals surface area contributed by atoms with E-state index in [1.807, 2.05) is 18.2 Å². The summed E-state index contributed by atoms with van der Waals surface area (Å²) < 4.78 is 11.2. The molecule has 1 amide bonds. The molecule has 0 bridgehead atoms. The van der Waals surface area contributed by atoms with Gasteiger partial charge in [-0.15, -0.1) is 0 Å². The molecular weight excluding hydrogens is 244 g/mol. The SMILES string of the molecule is CN(C(=O)CCCN)c1ccc2c(c1)OCCCO2. The van der Waals surface area contributed by atoms with Crippen LogP contribution in [0.15, 0.2) is 18.2 Å². The van der Waals surface area contributed by atoms with Crippen molar-refractivity contribution in [1.29, 1.82) is 0 Å². The number of nitrogens with two attached hydrogens (primary N) is 1. The highest BCUT2D eigenvalue weighted by atomic mass is 16.5. The fourth-order valence-electron chi connectivity index (χ4n) is 1.93. The van der Waals surface area contributed by atoms with E-state index in [-0.39, 0.29) is 5.91 Å². The van der Waals surface area contributed by atoms with Crippen LogP contribution < -0.4 is 20.1 Å². The molecule has 0 aromatic heterocycles. The molecule has 1 aromatic rings. The van der Waals surface area contributed by atoms with Crippen LogP contribution in [0.5, 0.6) is 11.5 Å². The van der Waals surface area contributed by atoms with Crippen molar-refractivity contribution in [3.63, 3.8) is 0 Å². The summed E-state index contributed by atoms with van der Waals surface area (Å²) in [6.45, 7) is 1.83. The average molecular weight is 264 g/mol. The molecule has 0 saturated carbocycles. The van der Waals surface area contributed by atoms with Gasteiger partial charge in [0.2, 0.25) is 5.91 Å². The molecule has 1 heterocycles. The molecule has 0 aliphatic carbocycles. The maximum Gasteiger partial charge on any atom is 0.226 e. The van der Waals surface area contributed by atoms with E-state index in [1.54, 1.807) is 11.9 Å². The predicted octanol–water partition coefficient (Wildman–Crippen LogP) is 1.55. The second kappa shape index (κ2) is 6.43. The standard InChI is InChI=1S/C14H20N2O3/c1-16(14(17)4-2-7-15)11-5-6-12-13(10-11)19-9-3-8-18-12/h5-6,10H,2-4,7-9,15H2,1H3. The number of hydrogen-bond donors (Lipinski definition) is 1. The summed E-state index contributed by atoms with van der Waals surface area (Å²) in [6.07, 6.45) is 2.03. The normalized spacial score (nSPS) is 13.8. The van der Waals surface area contributed by atoms with Gasteiger partial charge in [-0.1, -0.05) is 0 Å². The molecule has 1 aliphatic heterocycles. The highest BCUT2D eigenvalue weighted by Crippen LogP contribution is 2.33. The molecule has 104 valence electrons. The van der Waals surface area contributed by atoms with E-state index in [0.717, 1.165) is 17.9 Å². The van der Waals surface area contributed by atoms with E-state index in [4.69, 9.17) is 15.2 Å². The number of benzene rings is 1. The average Bonchev–Trinajstić information content (AvgIpc) is 2.68. The van der Waals surface area contributed by atoms with Crippen molar-refractivity contribution in [2.24, 2.45) is 5.73 Å². The summed E-state index contributed by atoms with van der Waals surface area (Å²) in [5, 5.41) is 0. The smallest absolute Gasteiger partial charge is 0.226 e. The van der Waals surface area contributed by atoms with Gasteiger partial charge in [0.05, 0.1) is 13.2 Å². The number of nitrogens with zero attached hydrogens (tertiary/aromatic N) is 1. The van der Waals surface area contributed by atoms with Gasteiger partial charge in [-0.3, -0.25) is 4.79 Å². The van der Waals surface area contributed by atoms with Gasteiger partial charge < -0.3 is 20.1 Å². The molecule has 0 saturated heterocycles. The third-order valence-electron chi connectivity index (χ3n) is 3.09. The van der Waals surface area contributed by atoms with Crippen molar-refractivity contribution in [2.45, 2.75) is 19.3 Å². The number of ether oxygens (including phenoxy) is 2. The van der Waals surface area contributed by atoms with Crippen LogP contribution >= 0.6 is 0 Å². The van der Waals surface area contributed by atoms with Gasteiger partial charge in [0.25, 0.3) is 0 Å². The Morgan fingerprint density at radius 1 is 1.32 bits per heavy atom. The van der Waals surface area contributed by atoms with Gasteiger partial charge in [-0.25, -0.2) is 0 Å². The van der Waals surface area contributed by atoms with Gasteiger partial charge >= 0.3 is 0 Å². The van der Waals surface area contributed by atoms with E-state index in [2.05, 4.69) is 0 Å². The highest BCUT2D eigenvalue weighted by Gasteiger charge is 2.15. The number of amides is 1. The van der Waals surface area contributed by atoms with Gasteiger partial charge in [-0.05, 0) is 25.1 Å². The van der Waals surface area contributed by atoms with Crippen LogP contribution in [0.25, 0.3) is 0 Å². The first-order valence-corrected chi connectivity index (χ1v) is 6.58. The maximum atomic E-state index is 11.9. The molecule has 19 heavy (non-hydrogen) atoms. The quantitative estimate of drug-likeness (QED) is 0.896. The minimum absolute atomic E-state index is 0.0555. The number of anilines is 1. The molecule has 0 spiro atoms. The molecular formula is C14H20N2O3. The van der Waals surface area contributed by atoms with Crippen LogP contribution in [0.3, 0.4) is 0 Å². The zero-order valence-corrected chi connectivity index (χ0v) is 11.2. The van der Waals surface area contributed by atoms with Crippen molar-refractivity contribution in [3.05, 3.63) is 18.2 Å². The maximum absolute atomic E-state index is 11.9. The molecule has 0 atom stereocenters. The second-order valence-electron chi connectivity index (χ2n) is 4.53. The fourth-order valence-corrected chi connectivity index (χ4v) is 1.93. The lowest BCUT2D eigenvalue weighted by Crippen LogP contribution is -2.26. The van der Waals surface area contributed by atoms with Gasteiger partial charge in [-0.2, -0.15) is 0 Å². The van der Waals surface area contributed by atoms with E-state index < -0.39 is 0 Å². The molecule has 5 heteroatoms. The Labute approximate surface area is 113 Å². The summed E-state index contributed by atoms with van der Waals surface area (Å²) in [4.78, 5) is 13.6. The summed E-state index contributed by atoms with van der Waals surface area (Å²) in [6, 6.07) is 5.57. The summed E-state index contributed by atoms with van der Waals surface area (Å²) in [5.74, 6) is 1.50. The summed E-state index contributed by atoms with van der Waals surface area (Å²) in [5.41, 5.74) is 6.23. The monoisotopic (exact) mass is 264 g/mol. The lowest BCUT2D eigenvalue weighted by molar-refractivity contribution is -0.118. The van der Waals surface area contributed by atoms with E-state index in [1.165, 1.54) is 0 Å². The number of carbonyl (C=O) groups is 1. The zero-order valence-electron chi connectivity index (χ0n) is 11.2. The van der Waals surface area contributed by atoms with Crippen molar-refractivity contribution < 1.29 is 14.3 Å². The Morgan fingerprint density at radius 3 is 2.79 bits per heavy atom. The Balaban J connectivity index is 2.12. The number of rotatable bonds is 4. The minimum atomic E-state index is 0.0555. The lowest BCUT2D eigenvalue weighted by atomic mass is 10.2. The number of hydrogen-bond acceptors (Lipinski definition) is 4. The molecule has 0 unspecified atom stereocenters. The molecule has 0 fully saturated rings. The molecule has 1 aromatic carbocycles. The number of fused-ring (bicyclic) bond motifs is 1. The van der Waals surface area contributed by atoms with Crippen molar-refractivity contribution in [2.75, 3.05) is 31.7 Å². The first kappa shape index (κ1) is 13.7. The van der Waals surface area contributed by atoms with Crippen molar-refractivity contribution in [1.82, 2.24) is 0 Å². The van der Waals surface area contributed by atoms with Crippen molar-refractivity contribution >= 4 is 11.6 Å². The molecule has 2 N–H and O–H groups in total. The first-order chi connectivity index (χ1) is 9.22. The summed E-state index contributed by atoms with van der Waals surface area (Å²) in [7, 11) is 1.76. The zero-order chi connectivity index (χ0) is 13.7. The lowest BCUT2D eigenvalue weighted by Gasteiger charge is -2.18. The minimum Gasteiger partial charge on any atom is -0.490 e. The Hall–Kier alpha value is -1.75. The molecule has 1 aliphatic rings. The molecule has 0 radical (unpaired) electrons.